The topological polar surface area (TPSA) is 0 Å². The number of hydrogen-bond donors (Lipinski definition) is 0. The minimum absolute atomic E-state index is 0.404. The van der Waals surface area contributed by atoms with Gasteiger partial charge in [-0.1, -0.05) is 29.8 Å². The van der Waals surface area contributed by atoms with Crippen LogP contribution >= 0.6 is 23.2 Å². The number of hydrogen-bond acceptors (Lipinski definition) is 0. The van der Waals surface area contributed by atoms with Gasteiger partial charge in [0.25, 0.3) is 0 Å². The second kappa shape index (κ2) is 2.81. The largest absolute Gasteiger partial charge is 0.110 e. The average molecular weight is 175 g/mol. The van der Waals surface area contributed by atoms with Crippen LogP contribution in [-0.4, -0.2) is 4.87 Å². The van der Waals surface area contributed by atoms with Gasteiger partial charge in [-0.3, -0.25) is 0 Å². The van der Waals surface area contributed by atoms with Gasteiger partial charge in [0.1, 0.15) is 0 Å². The molecule has 0 fully saturated rings. The van der Waals surface area contributed by atoms with Crippen LogP contribution in [0, 0.1) is 0 Å². The van der Waals surface area contributed by atoms with Crippen LogP contribution in [0.2, 0.25) is 0 Å². The zero-order valence-corrected chi connectivity index (χ0v) is 6.99. The van der Waals surface area contributed by atoms with Crippen LogP contribution in [0.1, 0.15) is 6.42 Å². The highest BCUT2D eigenvalue weighted by molar-refractivity contribution is 6.32. The van der Waals surface area contributed by atoms with Crippen molar-refractivity contribution in [1.29, 1.82) is 0 Å². The van der Waals surface area contributed by atoms with Gasteiger partial charge < -0.3 is 0 Å². The number of halogens is 2. The van der Waals surface area contributed by atoms with Gasteiger partial charge in [-0.2, -0.15) is 0 Å². The van der Waals surface area contributed by atoms with E-state index in [0.29, 0.717) is 0 Å². The molecule has 0 N–H and O–H groups in total. The molecule has 0 nitrogen and oxygen atoms in total. The quantitative estimate of drug-likeness (QED) is 0.424. The monoisotopic (exact) mass is 174 g/mol. The first-order valence-corrected chi connectivity index (χ1v) is 3.79. The summed E-state index contributed by atoms with van der Waals surface area (Å²) < 4.78 is 0. The molecule has 0 aliphatic heterocycles. The fraction of sp³-hybridized carbons (Fsp3) is 0.250. The highest BCUT2D eigenvalue weighted by Crippen LogP contribution is 2.29. The summed E-state index contributed by atoms with van der Waals surface area (Å²) in [5.41, 5.74) is 0. The first kappa shape index (κ1) is 7.90. The molecule has 1 rings (SSSR count). The van der Waals surface area contributed by atoms with E-state index in [9.17, 15) is 0 Å². The number of alkyl halides is 1. The van der Waals surface area contributed by atoms with Crippen LogP contribution in [-0.2, 0) is 0 Å². The van der Waals surface area contributed by atoms with E-state index >= 15 is 0 Å². The third kappa shape index (κ3) is 1.65. The van der Waals surface area contributed by atoms with E-state index in [0.717, 1.165) is 11.5 Å². The summed E-state index contributed by atoms with van der Waals surface area (Å²) in [5.74, 6) is 0. The van der Waals surface area contributed by atoms with Crippen LogP contribution in [0.15, 0.2) is 35.9 Å². The molecule has 0 bridgehead atoms. The predicted octanol–water partition coefficient (Wildman–Crippen LogP) is 3.23. The van der Waals surface area contributed by atoms with Crippen molar-refractivity contribution in [2.45, 2.75) is 11.3 Å². The van der Waals surface area contributed by atoms with Crippen molar-refractivity contribution < 1.29 is 0 Å². The standard InChI is InChI=1S/C8H8Cl2/c1-2-8(10)5-3-7(9)4-6-8/h2-5H,1,6H2. The van der Waals surface area contributed by atoms with Gasteiger partial charge in [0.2, 0.25) is 0 Å². The van der Waals surface area contributed by atoms with Gasteiger partial charge in [0.15, 0.2) is 0 Å². The van der Waals surface area contributed by atoms with E-state index in [1.54, 1.807) is 12.2 Å². The summed E-state index contributed by atoms with van der Waals surface area (Å²) in [4.78, 5) is -0.404. The van der Waals surface area contributed by atoms with Crippen LogP contribution in [0.3, 0.4) is 0 Å². The third-order valence-corrected chi connectivity index (χ3v) is 2.18. The molecule has 1 unspecified atom stereocenters. The highest BCUT2D eigenvalue weighted by atomic mass is 35.5. The normalized spacial score (nSPS) is 31.6. The van der Waals surface area contributed by atoms with Gasteiger partial charge in [-0.15, -0.1) is 18.2 Å². The Hall–Kier alpha value is -0.200. The van der Waals surface area contributed by atoms with Gasteiger partial charge in [0, 0.05) is 5.03 Å². The van der Waals surface area contributed by atoms with Crippen molar-refractivity contribution in [3.8, 4) is 0 Å². The molecule has 0 amide bonds. The minimum Gasteiger partial charge on any atom is -0.110 e. The Bertz CT molecular complexity index is 203. The average Bonchev–Trinajstić information content (AvgIpc) is 1.96. The van der Waals surface area contributed by atoms with E-state index in [-0.39, 0.29) is 0 Å². The van der Waals surface area contributed by atoms with Gasteiger partial charge in [-0.25, -0.2) is 0 Å². The molecule has 54 valence electrons. The van der Waals surface area contributed by atoms with Crippen molar-refractivity contribution in [3.05, 3.63) is 35.9 Å². The Morgan fingerprint density at radius 3 is 2.80 bits per heavy atom. The Labute approximate surface area is 70.8 Å². The summed E-state index contributed by atoms with van der Waals surface area (Å²) in [6.07, 6.45) is 7.97. The molecule has 0 radical (unpaired) electrons. The fourth-order valence-electron chi connectivity index (χ4n) is 0.760. The van der Waals surface area contributed by atoms with Crippen LogP contribution in [0.25, 0.3) is 0 Å². The first-order valence-electron chi connectivity index (χ1n) is 3.04. The lowest BCUT2D eigenvalue weighted by Gasteiger charge is -2.19. The molecule has 2 heteroatoms. The molecular formula is C8H8Cl2. The molecule has 0 spiro atoms. The summed E-state index contributed by atoms with van der Waals surface area (Å²) in [7, 11) is 0. The smallest absolute Gasteiger partial charge is 0.0842 e. The van der Waals surface area contributed by atoms with Crippen molar-refractivity contribution in [2.24, 2.45) is 0 Å². The molecule has 0 aromatic carbocycles. The maximum absolute atomic E-state index is 6.02. The van der Waals surface area contributed by atoms with Gasteiger partial charge in [-0.05, 0) is 12.5 Å². The van der Waals surface area contributed by atoms with E-state index in [1.165, 1.54) is 0 Å². The third-order valence-electron chi connectivity index (χ3n) is 1.47. The molecule has 1 aliphatic rings. The van der Waals surface area contributed by atoms with E-state index in [4.69, 9.17) is 23.2 Å². The van der Waals surface area contributed by atoms with Crippen LogP contribution in [0.5, 0.6) is 0 Å². The molecule has 10 heavy (non-hydrogen) atoms. The molecular weight excluding hydrogens is 167 g/mol. The zero-order valence-electron chi connectivity index (χ0n) is 5.48. The van der Waals surface area contributed by atoms with Crippen LogP contribution in [0.4, 0.5) is 0 Å². The molecule has 0 heterocycles. The van der Waals surface area contributed by atoms with Crippen molar-refractivity contribution in [3.63, 3.8) is 0 Å². The predicted molar refractivity (Wildman–Crippen MR) is 46.5 cm³/mol. The lowest BCUT2D eigenvalue weighted by molar-refractivity contribution is 0.867. The lowest BCUT2D eigenvalue weighted by atomic mass is 10.0. The van der Waals surface area contributed by atoms with Crippen molar-refractivity contribution in [2.75, 3.05) is 0 Å². The number of allylic oxidation sites excluding steroid dienone is 5. The van der Waals surface area contributed by atoms with Crippen molar-refractivity contribution in [1.82, 2.24) is 0 Å². The second-order valence-corrected chi connectivity index (χ2v) is 3.40. The Balaban J connectivity index is 2.76. The molecule has 1 aliphatic carbocycles. The van der Waals surface area contributed by atoms with E-state index < -0.39 is 4.87 Å². The zero-order chi connectivity index (χ0) is 7.61. The molecule has 0 aromatic heterocycles. The Kier molecular flexibility index (Phi) is 2.22. The molecule has 1 atom stereocenters. The van der Waals surface area contributed by atoms with Gasteiger partial charge >= 0.3 is 0 Å². The van der Waals surface area contributed by atoms with E-state index in [2.05, 4.69) is 6.58 Å². The molecule has 0 saturated carbocycles. The summed E-state index contributed by atoms with van der Waals surface area (Å²) in [6, 6.07) is 0. The molecule has 0 aromatic rings. The maximum Gasteiger partial charge on any atom is 0.0842 e. The Morgan fingerprint density at radius 2 is 2.40 bits per heavy atom. The number of rotatable bonds is 1. The Morgan fingerprint density at radius 1 is 1.70 bits per heavy atom. The minimum atomic E-state index is -0.404. The summed E-state index contributed by atoms with van der Waals surface area (Å²) in [5, 5.41) is 0.748. The highest BCUT2D eigenvalue weighted by Gasteiger charge is 2.20. The van der Waals surface area contributed by atoms with Crippen molar-refractivity contribution >= 4 is 23.2 Å². The maximum atomic E-state index is 6.02. The van der Waals surface area contributed by atoms with Gasteiger partial charge in [0.05, 0.1) is 4.87 Å². The second-order valence-electron chi connectivity index (χ2n) is 2.26. The fourth-order valence-corrected chi connectivity index (χ4v) is 1.04. The van der Waals surface area contributed by atoms with E-state index in [1.807, 2.05) is 12.2 Å². The molecule has 0 saturated heterocycles. The SMILES string of the molecule is C=CC1(Cl)C=CC(Cl)=CC1. The lowest BCUT2D eigenvalue weighted by Crippen LogP contribution is -2.14. The van der Waals surface area contributed by atoms with Crippen LogP contribution < -0.4 is 0 Å². The first-order chi connectivity index (χ1) is 4.66. The summed E-state index contributed by atoms with van der Waals surface area (Å²) in [6.45, 7) is 3.63. The summed E-state index contributed by atoms with van der Waals surface area (Å²) >= 11 is 11.7.